The first kappa shape index (κ1) is 8.27. The Morgan fingerprint density at radius 3 is 2.75 bits per heavy atom. The van der Waals surface area contributed by atoms with E-state index in [-0.39, 0.29) is 0 Å². The number of thiol groups is 2. The first-order chi connectivity index (χ1) is 5.79. The number of hydrogen-bond donors (Lipinski definition) is 2. The molecule has 1 aliphatic rings. The zero-order chi connectivity index (χ0) is 8.55. The van der Waals surface area contributed by atoms with Crippen LogP contribution in [0.25, 0.3) is 4.91 Å². The molecular weight excluding hydrogens is 184 g/mol. The lowest BCUT2D eigenvalue weighted by atomic mass is 9.97. The third-order valence-corrected chi connectivity index (χ3v) is 2.92. The van der Waals surface area contributed by atoms with Crippen molar-refractivity contribution in [3.05, 3.63) is 35.4 Å². The van der Waals surface area contributed by atoms with Crippen molar-refractivity contribution < 1.29 is 0 Å². The highest BCUT2D eigenvalue weighted by atomic mass is 32.1. The Labute approximate surface area is 83.5 Å². The maximum atomic E-state index is 4.42. The Balaban J connectivity index is 2.64. The van der Waals surface area contributed by atoms with Crippen molar-refractivity contribution in [2.45, 2.75) is 17.7 Å². The lowest BCUT2D eigenvalue weighted by Crippen LogP contribution is -1.97. The highest BCUT2D eigenvalue weighted by Gasteiger charge is 2.11. The second kappa shape index (κ2) is 3.19. The Bertz CT molecular complexity index is 340. The van der Waals surface area contributed by atoms with Crippen LogP contribution in [0.3, 0.4) is 0 Å². The number of fused-ring (bicyclic) bond motifs is 1. The topological polar surface area (TPSA) is 0 Å². The number of allylic oxidation sites excluding steroid dienone is 1. The highest BCUT2D eigenvalue weighted by molar-refractivity contribution is 7.90. The lowest BCUT2D eigenvalue weighted by molar-refractivity contribution is 0.973. The summed E-state index contributed by atoms with van der Waals surface area (Å²) in [6.45, 7) is 0. The van der Waals surface area contributed by atoms with E-state index in [9.17, 15) is 0 Å². The first-order valence-electron chi connectivity index (χ1n) is 3.99. The van der Waals surface area contributed by atoms with Gasteiger partial charge in [0.25, 0.3) is 0 Å². The largest absolute Gasteiger partial charge is 0.143 e. The third kappa shape index (κ3) is 1.29. The zero-order valence-electron chi connectivity index (χ0n) is 6.62. The summed E-state index contributed by atoms with van der Waals surface area (Å²) in [6.07, 6.45) is 4.38. The van der Waals surface area contributed by atoms with Gasteiger partial charge in [-0.1, -0.05) is 18.2 Å². The van der Waals surface area contributed by atoms with Crippen LogP contribution < -0.4 is 0 Å². The minimum absolute atomic E-state index is 1.04. The van der Waals surface area contributed by atoms with Gasteiger partial charge in [0.05, 0.1) is 0 Å². The molecule has 62 valence electrons. The van der Waals surface area contributed by atoms with Gasteiger partial charge in [-0.2, -0.15) is 0 Å². The summed E-state index contributed by atoms with van der Waals surface area (Å²) < 4.78 is 0. The van der Waals surface area contributed by atoms with Gasteiger partial charge in [-0.15, -0.1) is 25.3 Å². The number of hydrogen-bond acceptors (Lipinski definition) is 2. The molecule has 1 aromatic rings. The highest BCUT2D eigenvalue weighted by Crippen LogP contribution is 2.33. The Kier molecular flexibility index (Phi) is 2.20. The van der Waals surface area contributed by atoms with E-state index in [4.69, 9.17) is 0 Å². The van der Waals surface area contributed by atoms with E-state index in [1.807, 2.05) is 12.1 Å². The van der Waals surface area contributed by atoms with E-state index in [0.717, 1.165) is 22.6 Å². The minimum atomic E-state index is 1.04. The minimum Gasteiger partial charge on any atom is -0.143 e. The standard InChI is InChI=1S/C10H10S2/c11-8-5-1-3-7-4-2-6-9(12)10(7)8/h1,3,5-6,11-12H,2,4H2. The van der Waals surface area contributed by atoms with Gasteiger partial charge < -0.3 is 0 Å². The summed E-state index contributed by atoms with van der Waals surface area (Å²) in [5.41, 5.74) is 2.59. The van der Waals surface area contributed by atoms with Gasteiger partial charge in [-0.25, -0.2) is 0 Å². The fourth-order valence-electron chi connectivity index (χ4n) is 1.56. The van der Waals surface area contributed by atoms with Crippen LogP contribution in [0.15, 0.2) is 29.2 Å². The van der Waals surface area contributed by atoms with Crippen LogP contribution >= 0.6 is 25.3 Å². The predicted molar refractivity (Wildman–Crippen MR) is 59.0 cm³/mol. The molecule has 0 heterocycles. The molecule has 0 saturated carbocycles. The normalized spacial score (nSPS) is 15.3. The van der Waals surface area contributed by atoms with Gasteiger partial charge in [-0.05, 0) is 24.5 Å². The average Bonchev–Trinajstić information content (AvgIpc) is 2.04. The number of benzene rings is 1. The van der Waals surface area contributed by atoms with Crippen molar-refractivity contribution in [2.24, 2.45) is 0 Å². The molecule has 2 heteroatoms. The molecule has 0 atom stereocenters. The summed E-state index contributed by atoms with van der Waals surface area (Å²) in [6, 6.07) is 6.21. The van der Waals surface area contributed by atoms with Crippen molar-refractivity contribution in [3.63, 3.8) is 0 Å². The Morgan fingerprint density at radius 2 is 2.00 bits per heavy atom. The van der Waals surface area contributed by atoms with Crippen molar-refractivity contribution in [1.82, 2.24) is 0 Å². The molecule has 0 radical (unpaired) electrons. The van der Waals surface area contributed by atoms with Gasteiger partial charge >= 0.3 is 0 Å². The second-order valence-electron chi connectivity index (χ2n) is 2.94. The van der Waals surface area contributed by atoms with Gasteiger partial charge in [0.15, 0.2) is 0 Å². The Morgan fingerprint density at radius 1 is 1.17 bits per heavy atom. The third-order valence-electron chi connectivity index (χ3n) is 2.14. The van der Waals surface area contributed by atoms with Crippen LogP contribution in [0.2, 0.25) is 0 Å². The Hall–Kier alpha value is -0.340. The zero-order valence-corrected chi connectivity index (χ0v) is 8.41. The summed E-state index contributed by atoms with van der Waals surface area (Å²) in [4.78, 5) is 2.11. The summed E-state index contributed by atoms with van der Waals surface area (Å²) in [7, 11) is 0. The molecular formula is C10H10S2. The molecule has 0 amide bonds. The van der Waals surface area contributed by atoms with Crippen LogP contribution in [0.4, 0.5) is 0 Å². The van der Waals surface area contributed by atoms with E-state index in [1.54, 1.807) is 0 Å². The van der Waals surface area contributed by atoms with E-state index in [0.29, 0.717) is 0 Å². The van der Waals surface area contributed by atoms with Crippen LogP contribution in [0.5, 0.6) is 0 Å². The molecule has 0 spiro atoms. The number of aryl methyl sites for hydroxylation is 1. The molecule has 0 saturated heterocycles. The molecule has 0 nitrogen and oxygen atoms in total. The van der Waals surface area contributed by atoms with Gasteiger partial charge in [-0.3, -0.25) is 0 Å². The fraction of sp³-hybridized carbons (Fsp3) is 0.200. The van der Waals surface area contributed by atoms with Crippen LogP contribution in [0.1, 0.15) is 17.5 Å². The van der Waals surface area contributed by atoms with Gasteiger partial charge in [0, 0.05) is 15.4 Å². The van der Waals surface area contributed by atoms with Crippen molar-refractivity contribution >= 4 is 30.2 Å². The first-order valence-corrected chi connectivity index (χ1v) is 4.89. The van der Waals surface area contributed by atoms with Crippen molar-refractivity contribution in [1.29, 1.82) is 0 Å². The lowest BCUT2D eigenvalue weighted by Gasteiger charge is -2.15. The van der Waals surface area contributed by atoms with Crippen LogP contribution in [0, 0.1) is 0 Å². The molecule has 0 unspecified atom stereocenters. The fourth-order valence-corrected chi connectivity index (χ4v) is 2.39. The summed E-state index contributed by atoms with van der Waals surface area (Å²) >= 11 is 8.83. The molecule has 0 fully saturated rings. The maximum Gasteiger partial charge on any atom is 0.0126 e. The van der Waals surface area contributed by atoms with Crippen molar-refractivity contribution in [3.8, 4) is 0 Å². The summed E-state index contributed by atoms with van der Waals surface area (Å²) in [5.74, 6) is 0. The smallest absolute Gasteiger partial charge is 0.0126 e. The van der Waals surface area contributed by atoms with E-state index >= 15 is 0 Å². The quantitative estimate of drug-likeness (QED) is 0.582. The number of rotatable bonds is 0. The molecule has 1 aromatic carbocycles. The van der Waals surface area contributed by atoms with E-state index in [1.165, 1.54) is 11.1 Å². The van der Waals surface area contributed by atoms with Gasteiger partial charge in [0.1, 0.15) is 0 Å². The average molecular weight is 194 g/mol. The predicted octanol–water partition coefficient (Wildman–Crippen LogP) is 3.19. The molecule has 0 N–H and O–H groups in total. The second-order valence-corrected chi connectivity index (χ2v) is 3.90. The molecule has 1 aliphatic carbocycles. The van der Waals surface area contributed by atoms with E-state index in [2.05, 4.69) is 37.4 Å². The monoisotopic (exact) mass is 194 g/mol. The van der Waals surface area contributed by atoms with Crippen LogP contribution in [-0.2, 0) is 6.42 Å². The van der Waals surface area contributed by atoms with Crippen molar-refractivity contribution in [2.75, 3.05) is 0 Å². The molecule has 2 rings (SSSR count). The maximum absolute atomic E-state index is 4.42. The molecule has 0 aromatic heterocycles. The molecule has 0 aliphatic heterocycles. The van der Waals surface area contributed by atoms with Gasteiger partial charge in [0.2, 0.25) is 0 Å². The van der Waals surface area contributed by atoms with Crippen LogP contribution in [-0.4, -0.2) is 0 Å². The molecule has 0 bridgehead atoms. The SMILES string of the molecule is SC1=CCCc2cccc(S)c21. The summed E-state index contributed by atoms with van der Waals surface area (Å²) in [5, 5.41) is 0. The van der Waals surface area contributed by atoms with E-state index < -0.39 is 0 Å². The molecule has 12 heavy (non-hydrogen) atoms.